The van der Waals surface area contributed by atoms with Gasteiger partial charge in [0.05, 0.1) is 5.69 Å². The molecule has 3 N–H and O–H groups in total. The number of amides is 1. The van der Waals surface area contributed by atoms with Crippen molar-refractivity contribution < 1.29 is 4.79 Å². The minimum absolute atomic E-state index is 0.132. The topological polar surface area (TPSA) is 95.7 Å². The van der Waals surface area contributed by atoms with Crippen molar-refractivity contribution >= 4 is 17.7 Å². The van der Waals surface area contributed by atoms with E-state index in [0.717, 1.165) is 35.4 Å². The predicted molar refractivity (Wildman–Crippen MR) is 137 cm³/mol. The Bertz CT molecular complexity index is 1200. The summed E-state index contributed by atoms with van der Waals surface area (Å²) in [5, 5.41) is 2.98. The van der Waals surface area contributed by atoms with Crippen LogP contribution in [0.5, 0.6) is 0 Å². The summed E-state index contributed by atoms with van der Waals surface area (Å²) in [5.41, 5.74) is 10.1. The lowest BCUT2D eigenvalue weighted by atomic mass is 10.1. The van der Waals surface area contributed by atoms with Gasteiger partial charge in [0.1, 0.15) is 11.3 Å². The molecule has 8 nitrogen and oxygen atoms in total. The standard InChI is InChI=1S/C26H33N7O/c1-5-23(32-29-7-3)31-26-30-22(17-24(27-6-2)33(26)4)20-14-11-15-21(16-20)25(34)28-18-19-12-9-8-10-13-19/h8-17,29H,5-7,18H2,1-4H3,(H,28,34)(H,30,31,32). The highest BCUT2D eigenvalue weighted by atomic mass is 16.1. The van der Waals surface area contributed by atoms with Gasteiger partial charge in [-0.05, 0) is 24.6 Å². The van der Waals surface area contributed by atoms with Crippen molar-refractivity contribution in [2.45, 2.75) is 33.7 Å². The third-order valence-corrected chi connectivity index (χ3v) is 5.15. The van der Waals surface area contributed by atoms with Gasteiger partial charge in [0.15, 0.2) is 0 Å². The minimum atomic E-state index is -0.132. The van der Waals surface area contributed by atoms with Crippen molar-refractivity contribution in [1.29, 1.82) is 0 Å². The number of aliphatic imine (C=N–C) groups is 1. The van der Waals surface area contributed by atoms with Crippen molar-refractivity contribution in [2.24, 2.45) is 17.0 Å². The van der Waals surface area contributed by atoms with Crippen LogP contribution in [0.4, 0.5) is 5.95 Å². The summed E-state index contributed by atoms with van der Waals surface area (Å²) in [4.78, 5) is 26.9. The summed E-state index contributed by atoms with van der Waals surface area (Å²) >= 11 is 0. The van der Waals surface area contributed by atoms with Crippen LogP contribution in [0.1, 0.15) is 43.1 Å². The third-order valence-electron chi connectivity index (χ3n) is 5.15. The number of hydrogen-bond donors (Lipinski definition) is 3. The van der Waals surface area contributed by atoms with Gasteiger partial charge in [0.2, 0.25) is 5.95 Å². The van der Waals surface area contributed by atoms with Crippen LogP contribution in [0.3, 0.4) is 0 Å². The SMILES string of the molecule is CCN=c1cc(-c2cccc(C(=O)NCc3ccccc3)c2)nc(/N=C(\CC)NNCC)n1C. The molecule has 0 radical (unpaired) electrons. The number of amidine groups is 1. The predicted octanol–water partition coefficient (Wildman–Crippen LogP) is 3.49. The minimum Gasteiger partial charge on any atom is -0.348 e. The van der Waals surface area contributed by atoms with Gasteiger partial charge in [0.25, 0.3) is 5.91 Å². The molecule has 1 heterocycles. The first-order valence-corrected chi connectivity index (χ1v) is 11.6. The molecule has 0 saturated carbocycles. The molecule has 34 heavy (non-hydrogen) atoms. The molecule has 0 unspecified atom stereocenters. The number of nitrogens with one attached hydrogen (secondary N) is 3. The van der Waals surface area contributed by atoms with Crippen molar-refractivity contribution in [1.82, 2.24) is 25.7 Å². The van der Waals surface area contributed by atoms with Crippen LogP contribution in [0, 0.1) is 0 Å². The number of carbonyl (C=O) groups is 1. The molecule has 3 aromatic rings. The molecule has 0 aliphatic heterocycles. The van der Waals surface area contributed by atoms with E-state index in [1.54, 1.807) is 6.07 Å². The summed E-state index contributed by atoms with van der Waals surface area (Å²) < 4.78 is 1.87. The maximum absolute atomic E-state index is 12.8. The van der Waals surface area contributed by atoms with Crippen molar-refractivity contribution in [2.75, 3.05) is 13.1 Å². The summed E-state index contributed by atoms with van der Waals surface area (Å²) in [6, 6.07) is 19.2. The van der Waals surface area contributed by atoms with Crippen LogP contribution >= 0.6 is 0 Å². The van der Waals surface area contributed by atoms with Crippen LogP contribution in [0.15, 0.2) is 70.6 Å². The van der Waals surface area contributed by atoms with E-state index in [1.165, 1.54) is 0 Å². The molecule has 1 aromatic heterocycles. The van der Waals surface area contributed by atoms with Gasteiger partial charge in [-0.15, -0.1) is 0 Å². The summed E-state index contributed by atoms with van der Waals surface area (Å²) in [7, 11) is 1.90. The molecule has 0 bridgehead atoms. The Kier molecular flexibility index (Phi) is 9.11. The van der Waals surface area contributed by atoms with Gasteiger partial charge in [-0.3, -0.25) is 14.4 Å². The van der Waals surface area contributed by atoms with Crippen molar-refractivity contribution in [3.05, 3.63) is 77.3 Å². The number of benzene rings is 2. The number of nitrogens with zero attached hydrogens (tertiary/aromatic N) is 4. The molecule has 0 saturated heterocycles. The summed E-state index contributed by atoms with van der Waals surface area (Å²) in [6.45, 7) is 7.92. The first kappa shape index (κ1) is 24.9. The molecule has 178 valence electrons. The van der Waals surface area contributed by atoms with E-state index in [0.29, 0.717) is 30.3 Å². The van der Waals surface area contributed by atoms with Crippen LogP contribution in [0.25, 0.3) is 11.3 Å². The molecule has 0 aliphatic carbocycles. The molecule has 1 amide bonds. The lowest BCUT2D eigenvalue weighted by Gasteiger charge is -2.12. The highest BCUT2D eigenvalue weighted by Gasteiger charge is 2.11. The van der Waals surface area contributed by atoms with E-state index < -0.39 is 0 Å². The van der Waals surface area contributed by atoms with Gasteiger partial charge in [-0.1, -0.05) is 56.3 Å². The number of hydrogen-bond acceptors (Lipinski definition) is 5. The highest BCUT2D eigenvalue weighted by Crippen LogP contribution is 2.20. The molecule has 0 fully saturated rings. The molecule has 3 rings (SSSR count). The smallest absolute Gasteiger partial charge is 0.251 e. The van der Waals surface area contributed by atoms with Crippen LogP contribution < -0.4 is 21.7 Å². The van der Waals surface area contributed by atoms with Gasteiger partial charge in [-0.2, -0.15) is 4.99 Å². The Labute approximate surface area is 200 Å². The number of aromatic nitrogens is 2. The molecular formula is C26H33N7O. The van der Waals surface area contributed by atoms with E-state index in [4.69, 9.17) is 9.98 Å². The summed E-state index contributed by atoms with van der Waals surface area (Å²) in [6.07, 6.45) is 0.718. The zero-order valence-electron chi connectivity index (χ0n) is 20.3. The van der Waals surface area contributed by atoms with E-state index in [1.807, 2.05) is 87.0 Å². The zero-order chi connectivity index (χ0) is 24.3. The van der Waals surface area contributed by atoms with Gasteiger partial charge < -0.3 is 10.7 Å². The van der Waals surface area contributed by atoms with Crippen LogP contribution in [-0.4, -0.2) is 34.4 Å². The maximum atomic E-state index is 12.8. The Balaban J connectivity index is 1.94. The Morgan fingerprint density at radius 1 is 1.03 bits per heavy atom. The fourth-order valence-electron chi connectivity index (χ4n) is 3.30. The Hall–Kier alpha value is -3.78. The zero-order valence-corrected chi connectivity index (χ0v) is 20.3. The second-order valence-electron chi connectivity index (χ2n) is 7.65. The quantitative estimate of drug-likeness (QED) is 0.259. The van der Waals surface area contributed by atoms with E-state index in [-0.39, 0.29) is 5.91 Å². The fraction of sp³-hybridized carbons (Fsp3) is 0.308. The average molecular weight is 460 g/mol. The maximum Gasteiger partial charge on any atom is 0.251 e. The third kappa shape index (κ3) is 6.62. The van der Waals surface area contributed by atoms with E-state index >= 15 is 0 Å². The highest BCUT2D eigenvalue weighted by molar-refractivity contribution is 5.95. The van der Waals surface area contributed by atoms with Gasteiger partial charge in [0, 0.05) is 50.3 Å². The first-order valence-electron chi connectivity index (χ1n) is 11.6. The molecule has 0 spiro atoms. The van der Waals surface area contributed by atoms with E-state index in [2.05, 4.69) is 21.2 Å². The van der Waals surface area contributed by atoms with Gasteiger partial charge in [-0.25, -0.2) is 10.4 Å². The fourth-order valence-corrected chi connectivity index (χ4v) is 3.30. The molecule has 8 heteroatoms. The number of rotatable bonds is 9. The van der Waals surface area contributed by atoms with Crippen LogP contribution in [-0.2, 0) is 13.6 Å². The molecule has 2 aromatic carbocycles. The number of hydrazine groups is 1. The largest absolute Gasteiger partial charge is 0.348 e. The van der Waals surface area contributed by atoms with Crippen molar-refractivity contribution in [3.8, 4) is 11.3 Å². The first-order chi connectivity index (χ1) is 16.5. The summed E-state index contributed by atoms with van der Waals surface area (Å²) in [5.74, 6) is 1.18. The van der Waals surface area contributed by atoms with Gasteiger partial charge >= 0.3 is 0 Å². The Morgan fingerprint density at radius 3 is 2.53 bits per heavy atom. The average Bonchev–Trinajstić information content (AvgIpc) is 2.87. The van der Waals surface area contributed by atoms with Crippen molar-refractivity contribution in [3.63, 3.8) is 0 Å². The second-order valence-corrected chi connectivity index (χ2v) is 7.65. The second kappa shape index (κ2) is 12.5. The monoisotopic (exact) mass is 459 g/mol. The lowest BCUT2D eigenvalue weighted by Crippen LogP contribution is -2.36. The normalized spacial score (nSPS) is 12.0. The Morgan fingerprint density at radius 2 is 1.82 bits per heavy atom. The molecular weight excluding hydrogens is 426 g/mol. The van der Waals surface area contributed by atoms with Crippen LogP contribution in [0.2, 0.25) is 0 Å². The lowest BCUT2D eigenvalue weighted by molar-refractivity contribution is 0.0951. The van der Waals surface area contributed by atoms with E-state index in [9.17, 15) is 4.79 Å². The molecule has 0 aliphatic rings. The number of carbonyl (C=O) groups excluding carboxylic acids is 1. The molecule has 0 atom stereocenters.